The van der Waals surface area contributed by atoms with Crippen molar-refractivity contribution in [2.24, 2.45) is 0 Å². The molecule has 0 aliphatic rings. The van der Waals surface area contributed by atoms with Gasteiger partial charge in [0.2, 0.25) is 0 Å². The van der Waals surface area contributed by atoms with E-state index in [1.54, 1.807) is 49.8 Å². The zero-order valence-corrected chi connectivity index (χ0v) is 26.8. The molecule has 0 amide bonds. The van der Waals surface area contributed by atoms with Crippen molar-refractivity contribution in [2.45, 2.75) is 50.5 Å². The Hall–Kier alpha value is -1.22. The maximum absolute atomic E-state index is 5.78. The lowest BCUT2D eigenvalue weighted by Crippen LogP contribution is -2.42. The normalized spacial score (nSPS) is 12.6. The minimum absolute atomic E-state index is 0.112. The van der Waals surface area contributed by atoms with Gasteiger partial charge in [0.25, 0.3) is 0 Å². The van der Waals surface area contributed by atoms with E-state index in [0.717, 1.165) is 24.9 Å². The lowest BCUT2D eigenvalue weighted by molar-refractivity contribution is 0.120. The van der Waals surface area contributed by atoms with Crippen molar-refractivity contribution < 1.29 is 45.2 Å². The molecule has 0 spiro atoms. The highest BCUT2D eigenvalue weighted by Gasteiger charge is 2.37. The van der Waals surface area contributed by atoms with E-state index >= 15 is 0 Å². The summed E-state index contributed by atoms with van der Waals surface area (Å²) in [4.78, 5) is 12.9. The quantitative estimate of drug-likeness (QED) is 0.147. The van der Waals surface area contributed by atoms with Crippen molar-refractivity contribution in [3.63, 3.8) is 0 Å². The molecule has 1 aromatic heterocycles. The molecule has 0 atom stereocenters. The predicted octanol–water partition coefficient (Wildman–Crippen LogP) is 2.79. The first-order valence-corrected chi connectivity index (χ1v) is 19.1. The van der Waals surface area contributed by atoms with Crippen molar-refractivity contribution in [2.75, 3.05) is 69.6 Å². The van der Waals surface area contributed by atoms with E-state index in [4.69, 9.17) is 45.2 Å². The van der Waals surface area contributed by atoms with Gasteiger partial charge in [0, 0.05) is 55.8 Å². The molecular formula is C21H45N3O10Si3. The first-order valence-electron chi connectivity index (χ1n) is 12.2. The van der Waals surface area contributed by atoms with E-state index in [0.29, 0.717) is 32.3 Å². The maximum Gasteiger partial charge on any atom is 0.500 e. The van der Waals surface area contributed by atoms with Crippen LogP contribution in [-0.2, 0) is 31.0 Å². The van der Waals surface area contributed by atoms with Crippen LogP contribution in [0.5, 0.6) is 18.0 Å². The highest BCUT2D eigenvalue weighted by Crippen LogP contribution is 2.20. The molecule has 216 valence electrons. The lowest BCUT2D eigenvalue weighted by atomic mass is 10.5. The standard InChI is InChI=1S/C21H45N3O10Si3/c1-25-35(8,26-2)16-10-13-32-19-22-20(33-14-11-17-36(9,27-3)28-4)24-21(23-19)34-15-12-18-37(29-5,30-6)31-7/h10-18H2,1-9H3. The monoisotopic (exact) mass is 583 g/mol. The molecule has 0 radical (unpaired) electrons. The molecule has 0 saturated heterocycles. The van der Waals surface area contributed by atoms with Crippen LogP contribution < -0.4 is 14.2 Å². The summed E-state index contributed by atoms with van der Waals surface area (Å²) in [6.07, 6.45) is 2.06. The Bertz CT molecular complexity index is 704. The molecule has 1 heterocycles. The summed E-state index contributed by atoms with van der Waals surface area (Å²) < 4.78 is 55.7. The van der Waals surface area contributed by atoms with Crippen LogP contribution >= 0.6 is 0 Å². The van der Waals surface area contributed by atoms with Crippen molar-refractivity contribution in [1.29, 1.82) is 0 Å². The van der Waals surface area contributed by atoms with Gasteiger partial charge < -0.3 is 45.2 Å². The number of aromatic nitrogens is 3. The first-order chi connectivity index (χ1) is 17.7. The Labute approximate surface area is 224 Å². The molecule has 0 bridgehead atoms. The summed E-state index contributed by atoms with van der Waals surface area (Å²) in [6, 6.07) is 2.48. The summed E-state index contributed by atoms with van der Waals surface area (Å²) in [6.45, 7) is 5.10. The average molecular weight is 584 g/mol. The molecule has 0 unspecified atom stereocenters. The zero-order valence-electron chi connectivity index (χ0n) is 23.8. The Morgan fingerprint density at radius 2 is 0.757 bits per heavy atom. The molecule has 0 fully saturated rings. The maximum atomic E-state index is 5.78. The molecule has 13 nitrogen and oxygen atoms in total. The van der Waals surface area contributed by atoms with Gasteiger partial charge in [-0.25, -0.2) is 0 Å². The van der Waals surface area contributed by atoms with Crippen LogP contribution in [0.4, 0.5) is 0 Å². The first kappa shape index (κ1) is 33.8. The fourth-order valence-corrected chi connectivity index (χ4v) is 7.62. The van der Waals surface area contributed by atoms with Gasteiger partial charge in [-0.3, -0.25) is 0 Å². The minimum Gasteiger partial charge on any atom is -0.463 e. The smallest absolute Gasteiger partial charge is 0.463 e. The fraction of sp³-hybridized carbons (Fsp3) is 0.857. The van der Waals surface area contributed by atoms with Gasteiger partial charge in [0.15, 0.2) is 0 Å². The van der Waals surface area contributed by atoms with Gasteiger partial charge in [-0.1, -0.05) is 0 Å². The summed E-state index contributed by atoms with van der Waals surface area (Å²) in [7, 11) is 4.36. The van der Waals surface area contributed by atoms with E-state index in [1.165, 1.54) is 0 Å². The Morgan fingerprint density at radius 3 is 1.03 bits per heavy atom. The SMILES string of the molecule is CO[Si](C)(CCCOc1nc(OCCC[Si](C)(OC)OC)nc(OCCC[Si](OC)(OC)OC)n1)OC. The molecule has 0 aliphatic carbocycles. The predicted molar refractivity (Wildman–Crippen MR) is 143 cm³/mol. The third kappa shape index (κ3) is 12.0. The molecular weight excluding hydrogens is 539 g/mol. The molecule has 37 heavy (non-hydrogen) atoms. The lowest BCUT2D eigenvalue weighted by Gasteiger charge is -2.24. The molecule has 0 aliphatic heterocycles. The minimum atomic E-state index is -2.68. The summed E-state index contributed by atoms with van der Waals surface area (Å²) in [5, 5.41) is 0. The summed E-state index contributed by atoms with van der Waals surface area (Å²) in [5.41, 5.74) is 0. The van der Waals surface area contributed by atoms with Gasteiger partial charge in [-0.05, 0) is 44.4 Å². The largest absolute Gasteiger partial charge is 0.500 e. The van der Waals surface area contributed by atoms with Crippen LogP contribution in [0, 0.1) is 0 Å². The van der Waals surface area contributed by atoms with Gasteiger partial charge in [-0.2, -0.15) is 0 Å². The summed E-state index contributed by atoms with van der Waals surface area (Å²) >= 11 is 0. The van der Waals surface area contributed by atoms with Crippen molar-refractivity contribution >= 4 is 25.9 Å². The van der Waals surface area contributed by atoms with Gasteiger partial charge >= 0.3 is 44.0 Å². The molecule has 1 rings (SSSR count). The second-order valence-corrected chi connectivity index (χ2v) is 18.7. The van der Waals surface area contributed by atoms with E-state index in [-0.39, 0.29) is 18.0 Å². The van der Waals surface area contributed by atoms with Crippen LogP contribution in [0.15, 0.2) is 0 Å². The van der Waals surface area contributed by atoms with E-state index in [2.05, 4.69) is 15.0 Å². The molecule has 16 heteroatoms. The Balaban J connectivity index is 2.78. The molecule has 0 saturated carbocycles. The number of hydrogen-bond acceptors (Lipinski definition) is 13. The van der Waals surface area contributed by atoms with Crippen LogP contribution in [0.1, 0.15) is 19.3 Å². The topological polar surface area (TPSA) is 131 Å². The highest BCUT2D eigenvalue weighted by molar-refractivity contribution is 6.66. The van der Waals surface area contributed by atoms with Crippen molar-refractivity contribution in [3.05, 3.63) is 0 Å². The van der Waals surface area contributed by atoms with Crippen molar-refractivity contribution in [3.8, 4) is 18.0 Å². The number of ether oxygens (including phenoxy) is 3. The third-order valence-corrected chi connectivity index (χ3v) is 14.9. The number of rotatable bonds is 22. The molecule has 0 aromatic carbocycles. The number of nitrogens with zero attached hydrogens (tertiary/aromatic N) is 3. The summed E-state index contributed by atoms with van der Waals surface area (Å²) in [5.74, 6) is 0. The van der Waals surface area contributed by atoms with Gasteiger partial charge in [0.1, 0.15) is 0 Å². The highest BCUT2D eigenvalue weighted by atomic mass is 28.4. The second-order valence-electron chi connectivity index (χ2n) is 8.42. The second kappa shape index (κ2) is 17.4. The molecule has 0 N–H and O–H groups in total. The zero-order chi connectivity index (χ0) is 27.8. The molecule has 1 aromatic rings. The van der Waals surface area contributed by atoms with Crippen LogP contribution in [0.25, 0.3) is 0 Å². The third-order valence-electron chi connectivity index (χ3n) is 6.11. The van der Waals surface area contributed by atoms with E-state index in [1.807, 2.05) is 13.1 Å². The fourth-order valence-electron chi connectivity index (χ4n) is 3.21. The van der Waals surface area contributed by atoms with Crippen LogP contribution in [0.3, 0.4) is 0 Å². The number of hydrogen-bond donors (Lipinski definition) is 0. The van der Waals surface area contributed by atoms with Gasteiger partial charge in [-0.15, -0.1) is 15.0 Å². The van der Waals surface area contributed by atoms with Crippen LogP contribution in [0.2, 0.25) is 31.2 Å². The average Bonchev–Trinajstić information content (AvgIpc) is 2.93. The van der Waals surface area contributed by atoms with Crippen LogP contribution in [-0.4, -0.2) is 110 Å². The van der Waals surface area contributed by atoms with Gasteiger partial charge in [0.05, 0.1) is 19.8 Å². The van der Waals surface area contributed by atoms with E-state index < -0.39 is 25.9 Å². The Morgan fingerprint density at radius 1 is 0.459 bits per heavy atom. The van der Waals surface area contributed by atoms with Crippen molar-refractivity contribution in [1.82, 2.24) is 15.0 Å². The Kier molecular flexibility index (Phi) is 15.9. The van der Waals surface area contributed by atoms with E-state index in [9.17, 15) is 0 Å².